The first kappa shape index (κ1) is 12.1. The van der Waals surface area contributed by atoms with E-state index in [4.69, 9.17) is 5.11 Å². The van der Waals surface area contributed by atoms with E-state index < -0.39 is 5.97 Å². The average Bonchev–Trinajstić information content (AvgIpc) is 2.39. The summed E-state index contributed by atoms with van der Waals surface area (Å²) in [4.78, 5) is 10.8. The number of carboxylic acid groups (broad SMARTS) is 1. The second-order valence-corrected chi connectivity index (χ2v) is 4.80. The highest BCUT2D eigenvalue weighted by Crippen LogP contribution is 2.30. The molecule has 0 radical (unpaired) electrons. The Morgan fingerprint density at radius 2 is 1.88 bits per heavy atom. The highest BCUT2D eigenvalue weighted by molar-refractivity contribution is 5.87. The molecule has 1 aliphatic heterocycles. The van der Waals surface area contributed by atoms with Crippen molar-refractivity contribution in [2.45, 2.75) is 25.7 Å². The fourth-order valence-electron chi connectivity index (χ4n) is 2.55. The van der Waals surface area contributed by atoms with E-state index in [1.807, 2.05) is 12.1 Å². The fraction of sp³-hybridized carbons (Fsp3) is 0.500. The molecule has 0 aliphatic carbocycles. The number of rotatable bonds is 3. The summed E-state index contributed by atoms with van der Waals surface area (Å²) in [6.45, 7) is 4.44. The van der Waals surface area contributed by atoms with Gasteiger partial charge in [-0.15, -0.1) is 0 Å². The van der Waals surface area contributed by atoms with Crippen LogP contribution in [0.15, 0.2) is 24.3 Å². The Morgan fingerprint density at radius 1 is 1.29 bits per heavy atom. The van der Waals surface area contributed by atoms with Gasteiger partial charge in [-0.05, 0) is 55.5 Å². The molecular formula is C14H19NO2. The third kappa shape index (κ3) is 2.86. The number of carboxylic acids is 1. The second kappa shape index (κ2) is 5.32. The van der Waals surface area contributed by atoms with Crippen LogP contribution in [-0.2, 0) is 0 Å². The van der Waals surface area contributed by atoms with Gasteiger partial charge in [0.05, 0.1) is 5.56 Å². The molecule has 1 unspecified atom stereocenters. The summed E-state index contributed by atoms with van der Waals surface area (Å²) in [5.74, 6) is 0.373. The molecule has 0 aromatic heterocycles. The molecule has 1 heterocycles. The van der Waals surface area contributed by atoms with E-state index in [2.05, 4.69) is 12.2 Å². The maximum Gasteiger partial charge on any atom is 0.335 e. The van der Waals surface area contributed by atoms with Crippen molar-refractivity contribution in [1.29, 1.82) is 0 Å². The Hall–Kier alpha value is -1.35. The molecule has 0 saturated carbocycles. The highest BCUT2D eigenvalue weighted by Gasteiger charge is 2.21. The average molecular weight is 233 g/mol. The van der Waals surface area contributed by atoms with Crippen LogP contribution in [0.4, 0.5) is 0 Å². The first-order chi connectivity index (χ1) is 8.18. The van der Waals surface area contributed by atoms with Crippen molar-refractivity contribution < 1.29 is 9.90 Å². The normalized spacial score (nSPS) is 18.9. The first-order valence-corrected chi connectivity index (χ1v) is 6.22. The lowest BCUT2D eigenvalue weighted by Gasteiger charge is -2.28. The van der Waals surface area contributed by atoms with Crippen LogP contribution >= 0.6 is 0 Å². The van der Waals surface area contributed by atoms with Crippen molar-refractivity contribution in [2.75, 3.05) is 13.1 Å². The Balaban J connectivity index is 2.07. The molecule has 17 heavy (non-hydrogen) atoms. The number of piperidine rings is 1. The van der Waals surface area contributed by atoms with Gasteiger partial charge >= 0.3 is 5.97 Å². The highest BCUT2D eigenvalue weighted by atomic mass is 16.4. The zero-order valence-corrected chi connectivity index (χ0v) is 10.1. The number of nitrogens with one attached hydrogen (secondary N) is 1. The minimum absolute atomic E-state index is 0.367. The lowest BCUT2D eigenvalue weighted by atomic mass is 9.81. The van der Waals surface area contributed by atoms with Crippen LogP contribution in [0.3, 0.4) is 0 Å². The van der Waals surface area contributed by atoms with Gasteiger partial charge in [-0.25, -0.2) is 4.79 Å². The quantitative estimate of drug-likeness (QED) is 0.843. The number of hydrogen-bond acceptors (Lipinski definition) is 2. The van der Waals surface area contributed by atoms with Gasteiger partial charge in [0.15, 0.2) is 0 Å². The molecular weight excluding hydrogens is 214 g/mol. The predicted molar refractivity (Wildman–Crippen MR) is 67.4 cm³/mol. The van der Waals surface area contributed by atoms with Gasteiger partial charge in [-0.2, -0.15) is 0 Å². The molecule has 1 aliphatic rings. The van der Waals surface area contributed by atoms with Gasteiger partial charge in [-0.1, -0.05) is 19.1 Å². The molecule has 1 atom stereocenters. The smallest absolute Gasteiger partial charge is 0.335 e. The summed E-state index contributed by atoms with van der Waals surface area (Å²) in [5, 5.41) is 12.2. The summed E-state index contributed by atoms with van der Waals surface area (Å²) in [7, 11) is 0. The topological polar surface area (TPSA) is 49.3 Å². The van der Waals surface area contributed by atoms with Crippen LogP contribution in [-0.4, -0.2) is 24.2 Å². The summed E-state index contributed by atoms with van der Waals surface area (Å²) >= 11 is 0. The van der Waals surface area contributed by atoms with Gasteiger partial charge < -0.3 is 10.4 Å². The van der Waals surface area contributed by atoms with Gasteiger partial charge in [0, 0.05) is 0 Å². The van der Waals surface area contributed by atoms with Gasteiger partial charge in [-0.3, -0.25) is 0 Å². The van der Waals surface area contributed by atoms with E-state index in [0.29, 0.717) is 17.4 Å². The van der Waals surface area contributed by atoms with Gasteiger partial charge in [0.1, 0.15) is 0 Å². The third-order valence-electron chi connectivity index (χ3n) is 3.77. The van der Waals surface area contributed by atoms with E-state index in [9.17, 15) is 4.79 Å². The summed E-state index contributed by atoms with van der Waals surface area (Å²) in [6.07, 6.45) is 2.42. The number of hydrogen-bond donors (Lipinski definition) is 2. The summed E-state index contributed by atoms with van der Waals surface area (Å²) in [6, 6.07) is 7.32. The number of benzene rings is 1. The van der Waals surface area contributed by atoms with Crippen LogP contribution < -0.4 is 5.32 Å². The standard InChI is InChI=1S/C14H19NO2/c1-10(12-6-8-15-9-7-12)11-2-4-13(5-3-11)14(16)17/h2-5,10,12,15H,6-9H2,1H3,(H,16,17). The zero-order valence-electron chi connectivity index (χ0n) is 10.1. The molecule has 1 aromatic carbocycles. The molecule has 92 valence electrons. The zero-order chi connectivity index (χ0) is 12.3. The molecule has 2 rings (SSSR count). The monoisotopic (exact) mass is 233 g/mol. The van der Waals surface area contributed by atoms with Gasteiger partial charge in [0.2, 0.25) is 0 Å². The van der Waals surface area contributed by atoms with Crippen LogP contribution in [0.2, 0.25) is 0 Å². The largest absolute Gasteiger partial charge is 0.478 e. The van der Waals surface area contributed by atoms with Crippen molar-refractivity contribution in [2.24, 2.45) is 5.92 Å². The van der Waals surface area contributed by atoms with Crippen LogP contribution in [0, 0.1) is 5.92 Å². The second-order valence-electron chi connectivity index (χ2n) is 4.80. The molecule has 0 bridgehead atoms. The summed E-state index contributed by atoms with van der Waals surface area (Å²) in [5.41, 5.74) is 1.62. The number of aromatic carboxylic acids is 1. The molecule has 3 heteroatoms. The lowest BCUT2D eigenvalue weighted by Crippen LogP contribution is -2.30. The SMILES string of the molecule is CC(c1ccc(C(=O)O)cc1)C1CCNCC1. The summed E-state index contributed by atoms with van der Waals surface area (Å²) < 4.78 is 0. The van der Waals surface area contributed by atoms with Crippen molar-refractivity contribution in [3.8, 4) is 0 Å². The first-order valence-electron chi connectivity index (χ1n) is 6.22. The molecule has 1 saturated heterocycles. The van der Waals surface area contributed by atoms with Crippen molar-refractivity contribution in [1.82, 2.24) is 5.32 Å². The Bertz CT molecular complexity index is 380. The Labute approximate surface area is 102 Å². The fourth-order valence-corrected chi connectivity index (χ4v) is 2.55. The van der Waals surface area contributed by atoms with Crippen LogP contribution in [0.5, 0.6) is 0 Å². The number of carbonyl (C=O) groups is 1. The van der Waals surface area contributed by atoms with Crippen molar-refractivity contribution >= 4 is 5.97 Å². The van der Waals surface area contributed by atoms with E-state index in [1.165, 1.54) is 18.4 Å². The molecule has 1 fully saturated rings. The van der Waals surface area contributed by atoms with Crippen LogP contribution in [0.25, 0.3) is 0 Å². The molecule has 1 aromatic rings. The predicted octanol–water partition coefficient (Wildman–Crippen LogP) is 2.49. The molecule has 3 nitrogen and oxygen atoms in total. The lowest BCUT2D eigenvalue weighted by molar-refractivity contribution is 0.0697. The molecule has 0 spiro atoms. The van der Waals surface area contributed by atoms with Gasteiger partial charge in [0.25, 0.3) is 0 Å². The van der Waals surface area contributed by atoms with E-state index in [-0.39, 0.29) is 0 Å². The molecule has 2 N–H and O–H groups in total. The maximum absolute atomic E-state index is 10.8. The van der Waals surface area contributed by atoms with Crippen LogP contribution in [0.1, 0.15) is 41.6 Å². The third-order valence-corrected chi connectivity index (χ3v) is 3.77. The van der Waals surface area contributed by atoms with E-state index >= 15 is 0 Å². The molecule has 0 amide bonds. The van der Waals surface area contributed by atoms with E-state index in [0.717, 1.165) is 13.1 Å². The van der Waals surface area contributed by atoms with E-state index in [1.54, 1.807) is 12.1 Å². The minimum Gasteiger partial charge on any atom is -0.478 e. The Kier molecular flexibility index (Phi) is 3.79. The van der Waals surface area contributed by atoms with Crippen molar-refractivity contribution in [3.05, 3.63) is 35.4 Å². The van der Waals surface area contributed by atoms with Crippen molar-refractivity contribution in [3.63, 3.8) is 0 Å². The minimum atomic E-state index is -0.855. The Morgan fingerprint density at radius 3 is 2.41 bits per heavy atom. The maximum atomic E-state index is 10.8.